The molecule has 1 aromatic carbocycles. The number of aryl methyl sites for hydroxylation is 1. The van der Waals surface area contributed by atoms with Crippen molar-refractivity contribution in [1.29, 1.82) is 0 Å². The molecule has 1 aliphatic carbocycles. The maximum Gasteiger partial charge on any atom is 0.223 e. The van der Waals surface area contributed by atoms with Gasteiger partial charge in [0, 0.05) is 25.9 Å². The van der Waals surface area contributed by atoms with Crippen molar-refractivity contribution in [3.8, 4) is 0 Å². The first-order valence-corrected chi connectivity index (χ1v) is 6.60. The fraction of sp³-hybridized carbons (Fsp3) is 0.533. The number of likely N-dealkylation sites (tertiary alicyclic amines) is 1. The molecule has 1 aromatic rings. The molecule has 1 amide bonds. The Morgan fingerprint density at radius 2 is 2.06 bits per heavy atom. The van der Waals surface area contributed by atoms with Gasteiger partial charge >= 0.3 is 0 Å². The minimum atomic E-state index is 0.295. The van der Waals surface area contributed by atoms with Gasteiger partial charge in [-0.25, -0.2) is 0 Å². The lowest BCUT2D eigenvalue weighted by Gasteiger charge is -2.22. The van der Waals surface area contributed by atoms with E-state index in [-0.39, 0.29) is 0 Å². The van der Waals surface area contributed by atoms with E-state index in [2.05, 4.69) is 18.2 Å². The standard InChI is InChI=1S/C15H19NO/c1-16-10-12(9-15(16)17)14-8-4-6-11-5-2-3-7-13(11)14/h4,6,8,12H,2-3,5,7,9-10H2,1H3. The fourth-order valence-electron chi connectivity index (χ4n) is 3.27. The van der Waals surface area contributed by atoms with E-state index in [1.807, 2.05) is 11.9 Å². The zero-order valence-corrected chi connectivity index (χ0v) is 10.4. The largest absolute Gasteiger partial charge is 0.345 e. The lowest BCUT2D eigenvalue weighted by atomic mass is 9.83. The molecule has 0 saturated carbocycles. The zero-order chi connectivity index (χ0) is 11.8. The minimum Gasteiger partial charge on any atom is -0.345 e. The Balaban J connectivity index is 1.95. The molecule has 2 aliphatic rings. The molecular formula is C15H19NO. The third-order valence-corrected chi connectivity index (χ3v) is 4.21. The molecule has 1 aliphatic heterocycles. The Labute approximate surface area is 103 Å². The first kappa shape index (κ1) is 10.8. The van der Waals surface area contributed by atoms with Crippen molar-refractivity contribution in [2.75, 3.05) is 13.6 Å². The van der Waals surface area contributed by atoms with E-state index >= 15 is 0 Å². The second-order valence-corrected chi connectivity index (χ2v) is 5.37. The third kappa shape index (κ3) is 1.86. The van der Waals surface area contributed by atoms with Crippen LogP contribution in [0.3, 0.4) is 0 Å². The molecule has 1 fully saturated rings. The summed E-state index contributed by atoms with van der Waals surface area (Å²) in [5, 5.41) is 0. The van der Waals surface area contributed by atoms with Crippen LogP contribution in [0.5, 0.6) is 0 Å². The summed E-state index contributed by atoms with van der Waals surface area (Å²) in [7, 11) is 1.91. The van der Waals surface area contributed by atoms with E-state index in [0.29, 0.717) is 18.2 Å². The smallest absolute Gasteiger partial charge is 0.223 e. The average Bonchev–Trinajstić information content (AvgIpc) is 2.69. The predicted molar refractivity (Wildman–Crippen MR) is 68.1 cm³/mol. The number of amides is 1. The van der Waals surface area contributed by atoms with E-state index in [1.165, 1.54) is 36.8 Å². The van der Waals surface area contributed by atoms with Crippen LogP contribution in [-0.2, 0) is 17.6 Å². The molecule has 0 spiro atoms. The lowest BCUT2D eigenvalue weighted by molar-refractivity contribution is -0.126. The van der Waals surface area contributed by atoms with Crippen molar-refractivity contribution in [1.82, 2.24) is 4.90 Å². The first-order valence-electron chi connectivity index (χ1n) is 6.60. The van der Waals surface area contributed by atoms with Gasteiger partial charge in [0.05, 0.1) is 0 Å². The van der Waals surface area contributed by atoms with Crippen molar-refractivity contribution >= 4 is 5.91 Å². The summed E-state index contributed by atoms with van der Waals surface area (Å²) < 4.78 is 0. The van der Waals surface area contributed by atoms with Gasteiger partial charge in [-0.3, -0.25) is 4.79 Å². The van der Waals surface area contributed by atoms with Crippen LogP contribution in [0.1, 0.15) is 41.9 Å². The summed E-state index contributed by atoms with van der Waals surface area (Å²) in [4.78, 5) is 13.5. The van der Waals surface area contributed by atoms with Crippen LogP contribution in [-0.4, -0.2) is 24.4 Å². The predicted octanol–water partition coefficient (Wildman–Crippen LogP) is 2.51. The fourth-order valence-corrected chi connectivity index (χ4v) is 3.27. The van der Waals surface area contributed by atoms with E-state index in [9.17, 15) is 4.79 Å². The molecule has 1 saturated heterocycles. The molecule has 0 N–H and O–H groups in total. The summed E-state index contributed by atoms with van der Waals surface area (Å²) in [5.74, 6) is 0.726. The summed E-state index contributed by atoms with van der Waals surface area (Å²) >= 11 is 0. The van der Waals surface area contributed by atoms with Gasteiger partial charge < -0.3 is 4.90 Å². The molecule has 0 radical (unpaired) electrons. The summed E-state index contributed by atoms with van der Waals surface area (Å²) in [6, 6.07) is 6.67. The molecule has 0 bridgehead atoms. The molecule has 90 valence electrons. The number of carbonyl (C=O) groups is 1. The summed E-state index contributed by atoms with van der Waals surface area (Å²) in [5.41, 5.74) is 4.52. The number of hydrogen-bond acceptors (Lipinski definition) is 1. The number of nitrogens with zero attached hydrogens (tertiary/aromatic N) is 1. The first-order chi connectivity index (χ1) is 8.25. The number of benzene rings is 1. The van der Waals surface area contributed by atoms with Gasteiger partial charge in [0.2, 0.25) is 5.91 Å². The molecule has 1 heterocycles. The van der Waals surface area contributed by atoms with E-state index in [4.69, 9.17) is 0 Å². The maximum atomic E-state index is 11.7. The van der Waals surface area contributed by atoms with Gasteiger partial charge in [-0.2, -0.15) is 0 Å². The normalized spacial score (nSPS) is 23.9. The molecule has 1 atom stereocenters. The van der Waals surface area contributed by atoms with Crippen LogP contribution in [0, 0.1) is 0 Å². The highest BCUT2D eigenvalue weighted by atomic mass is 16.2. The van der Waals surface area contributed by atoms with Crippen molar-refractivity contribution in [3.05, 3.63) is 34.9 Å². The molecule has 2 heteroatoms. The van der Waals surface area contributed by atoms with Crippen LogP contribution in [0.4, 0.5) is 0 Å². The van der Waals surface area contributed by atoms with Crippen LogP contribution in [0.2, 0.25) is 0 Å². The van der Waals surface area contributed by atoms with Gasteiger partial charge in [-0.15, -0.1) is 0 Å². The highest BCUT2D eigenvalue weighted by molar-refractivity contribution is 5.79. The third-order valence-electron chi connectivity index (χ3n) is 4.21. The van der Waals surface area contributed by atoms with Crippen LogP contribution >= 0.6 is 0 Å². The topological polar surface area (TPSA) is 20.3 Å². The SMILES string of the molecule is CN1CC(c2cccc3c2CCCC3)CC1=O. The number of hydrogen-bond donors (Lipinski definition) is 0. The molecule has 2 nitrogen and oxygen atoms in total. The van der Waals surface area contributed by atoms with Gasteiger partial charge in [0.15, 0.2) is 0 Å². The zero-order valence-electron chi connectivity index (χ0n) is 10.4. The monoisotopic (exact) mass is 229 g/mol. The highest BCUT2D eigenvalue weighted by Gasteiger charge is 2.30. The quantitative estimate of drug-likeness (QED) is 0.724. The van der Waals surface area contributed by atoms with Crippen LogP contribution in [0.25, 0.3) is 0 Å². The Hall–Kier alpha value is -1.31. The van der Waals surface area contributed by atoms with Crippen molar-refractivity contribution < 1.29 is 4.79 Å². The van der Waals surface area contributed by atoms with Gasteiger partial charge in [0.25, 0.3) is 0 Å². The van der Waals surface area contributed by atoms with Crippen molar-refractivity contribution in [2.45, 2.75) is 38.0 Å². The van der Waals surface area contributed by atoms with Gasteiger partial charge in [-0.05, 0) is 42.4 Å². The number of likely N-dealkylation sites (N-methyl/N-ethyl adjacent to an activating group) is 1. The molecule has 0 aromatic heterocycles. The summed E-state index contributed by atoms with van der Waals surface area (Å²) in [6.45, 7) is 0.898. The van der Waals surface area contributed by atoms with E-state index < -0.39 is 0 Å². The number of carbonyl (C=O) groups excluding carboxylic acids is 1. The minimum absolute atomic E-state index is 0.295. The number of fused-ring (bicyclic) bond motifs is 1. The molecule has 1 unspecified atom stereocenters. The molecule has 17 heavy (non-hydrogen) atoms. The Morgan fingerprint density at radius 1 is 1.24 bits per heavy atom. The van der Waals surface area contributed by atoms with E-state index in [1.54, 1.807) is 5.56 Å². The van der Waals surface area contributed by atoms with Gasteiger partial charge in [-0.1, -0.05) is 18.2 Å². The highest BCUT2D eigenvalue weighted by Crippen LogP contribution is 2.34. The molecular weight excluding hydrogens is 210 g/mol. The van der Waals surface area contributed by atoms with Crippen molar-refractivity contribution in [3.63, 3.8) is 0 Å². The van der Waals surface area contributed by atoms with Gasteiger partial charge in [0.1, 0.15) is 0 Å². The Morgan fingerprint density at radius 3 is 2.82 bits per heavy atom. The summed E-state index contributed by atoms with van der Waals surface area (Å²) in [6.07, 6.45) is 5.76. The number of rotatable bonds is 1. The van der Waals surface area contributed by atoms with Crippen LogP contribution in [0.15, 0.2) is 18.2 Å². The Kier molecular flexibility index (Phi) is 2.65. The Bertz CT molecular complexity index is 452. The molecule has 3 rings (SSSR count). The van der Waals surface area contributed by atoms with Crippen molar-refractivity contribution in [2.24, 2.45) is 0 Å². The van der Waals surface area contributed by atoms with E-state index in [0.717, 1.165) is 6.54 Å². The second-order valence-electron chi connectivity index (χ2n) is 5.37. The maximum absolute atomic E-state index is 11.7. The second kappa shape index (κ2) is 4.17. The average molecular weight is 229 g/mol. The van der Waals surface area contributed by atoms with Crippen LogP contribution < -0.4 is 0 Å². The lowest BCUT2D eigenvalue weighted by Crippen LogP contribution is -2.19.